The van der Waals surface area contributed by atoms with Crippen molar-refractivity contribution in [2.24, 2.45) is 11.8 Å². The van der Waals surface area contributed by atoms with E-state index in [1.807, 2.05) is 71.1 Å². The molecule has 3 unspecified atom stereocenters. The summed E-state index contributed by atoms with van der Waals surface area (Å²) in [5.41, 5.74) is -0.241. The standard InChI is InChI=1S/C27H34ClN5O3/c1-17-12-20(17)16-32(6)22-14-19(13-21(28)29-22)23-30-31-24(36-23)27(5,15-18-10-8-7-9-11-18)33(25(34)35)26(2,3)4/h7-11,13-14,17,20H,12,15-16H2,1-6H3,(H,34,35). The minimum atomic E-state index is -1.12. The van der Waals surface area contributed by atoms with Crippen LogP contribution in [0.2, 0.25) is 5.15 Å². The van der Waals surface area contributed by atoms with Crippen LogP contribution in [0.1, 0.15) is 52.5 Å². The van der Waals surface area contributed by atoms with Gasteiger partial charge in [-0.3, -0.25) is 4.90 Å². The van der Waals surface area contributed by atoms with Crippen LogP contribution in [0.4, 0.5) is 10.6 Å². The molecule has 2 heterocycles. The zero-order valence-electron chi connectivity index (χ0n) is 21.7. The molecule has 9 heteroatoms. The molecule has 4 rings (SSSR count). The van der Waals surface area contributed by atoms with E-state index in [4.69, 9.17) is 16.0 Å². The Morgan fingerprint density at radius 1 is 1.17 bits per heavy atom. The number of hydrogen-bond donors (Lipinski definition) is 1. The molecule has 1 amide bonds. The number of hydrogen-bond acceptors (Lipinski definition) is 6. The van der Waals surface area contributed by atoms with Crippen molar-refractivity contribution >= 4 is 23.5 Å². The van der Waals surface area contributed by atoms with Crippen molar-refractivity contribution in [3.05, 3.63) is 59.1 Å². The molecule has 0 saturated heterocycles. The number of nitrogens with zero attached hydrogens (tertiary/aromatic N) is 5. The molecule has 2 aromatic heterocycles. The third kappa shape index (κ3) is 5.48. The summed E-state index contributed by atoms with van der Waals surface area (Å²) in [6.45, 7) is 10.5. The van der Waals surface area contributed by atoms with Gasteiger partial charge in [0.05, 0.1) is 0 Å². The first kappa shape index (κ1) is 25.9. The second kappa shape index (κ2) is 9.73. The zero-order valence-corrected chi connectivity index (χ0v) is 22.5. The number of anilines is 1. The summed E-state index contributed by atoms with van der Waals surface area (Å²) in [5, 5.41) is 19.2. The summed E-state index contributed by atoms with van der Waals surface area (Å²) in [6.07, 6.45) is 0.522. The first-order chi connectivity index (χ1) is 16.9. The van der Waals surface area contributed by atoms with E-state index in [0.717, 1.165) is 23.8 Å². The van der Waals surface area contributed by atoms with Crippen LogP contribution in [-0.4, -0.2) is 50.4 Å². The van der Waals surface area contributed by atoms with Crippen LogP contribution in [0.3, 0.4) is 0 Å². The lowest BCUT2D eigenvalue weighted by Gasteiger charge is -2.45. The van der Waals surface area contributed by atoms with Crippen molar-refractivity contribution in [1.82, 2.24) is 20.1 Å². The Balaban J connectivity index is 1.72. The van der Waals surface area contributed by atoms with E-state index >= 15 is 0 Å². The van der Waals surface area contributed by atoms with Crippen LogP contribution in [0, 0.1) is 11.8 Å². The summed E-state index contributed by atoms with van der Waals surface area (Å²) >= 11 is 6.37. The number of amides is 1. The van der Waals surface area contributed by atoms with Crippen molar-refractivity contribution in [3.8, 4) is 11.5 Å². The number of benzene rings is 1. The van der Waals surface area contributed by atoms with Crippen molar-refractivity contribution in [1.29, 1.82) is 0 Å². The fraction of sp³-hybridized carbons (Fsp3) is 0.481. The lowest BCUT2D eigenvalue weighted by Crippen LogP contribution is -2.57. The number of carbonyl (C=O) groups is 1. The maximum Gasteiger partial charge on any atom is 0.408 e. The van der Waals surface area contributed by atoms with Crippen molar-refractivity contribution < 1.29 is 14.3 Å². The molecule has 1 aliphatic carbocycles. The zero-order chi connectivity index (χ0) is 26.3. The number of carboxylic acid groups (broad SMARTS) is 1. The van der Waals surface area contributed by atoms with Crippen molar-refractivity contribution in [2.75, 3.05) is 18.5 Å². The highest BCUT2D eigenvalue weighted by Crippen LogP contribution is 2.40. The van der Waals surface area contributed by atoms with Crippen LogP contribution < -0.4 is 4.90 Å². The van der Waals surface area contributed by atoms with Gasteiger partial charge in [-0.05, 0) is 63.6 Å². The predicted octanol–water partition coefficient (Wildman–Crippen LogP) is 6.11. The second-order valence-corrected chi connectivity index (χ2v) is 11.4. The summed E-state index contributed by atoms with van der Waals surface area (Å²) in [6, 6.07) is 13.3. The average Bonchev–Trinajstić information content (AvgIpc) is 3.25. The molecule has 192 valence electrons. The van der Waals surface area contributed by atoms with Gasteiger partial charge in [-0.1, -0.05) is 48.9 Å². The molecule has 0 aliphatic heterocycles. The van der Waals surface area contributed by atoms with Gasteiger partial charge in [0.25, 0.3) is 0 Å². The highest BCUT2D eigenvalue weighted by molar-refractivity contribution is 6.29. The first-order valence-electron chi connectivity index (χ1n) is 12.2. The molecule has 1 N–H and O–H groups in total. The molecule has 1 saturated carbocycles. The summed E-state index contributed by atoms with van der Waals surface area (Å²) in [4.78, 5) is 20.5. The molecule has 1 fully saturated rings. The van der Waals surface area contributed by atoms with Crippen LogP contribution >= 0.6 is 11.6 Å². The quantitative estimate of drug-likeness (QED) is 0.364. The van der Waals surface area contributed by atoms with Gasteiger partial charge in [0.15, 0.2) is 0 Å². The Kier molecular flexibility index (Phi) is 7.01. The van der Waals surface area contributed by atoms with Crippen molar-refractivity contribution in [2.45, 2.75) is 58.5 Å². The largest absolute Gasteiger partial charge is 0.465 e. The Labute approximate surface area is 217 Å². The van der Waals surface area contributed by atoms with Gasteiger partial charge in [0, 0.05) is 31.1 Å². The van der Waals surface area contributed by atoms with E-state index in [2.05, 4.69) is 27.0 Å². The SMILES string of the molecule is CC1CC1CN(C)c1cc(-c2nnc(C(C)(Cc3ccccc3)N(C(=O)O)C(C)(C)C)o2)cc(Cl)n1. The number of pyridine rings is 1. The lowest BCUT2D eigenvalue weighted by molar-refractivity contribution is 0.00810. The minimum absolute atomic E-state index is 0.216. The van der Waals surface area contributed by atoms with Gasteiger partial charge in [-0.2, -0.15) is 0 Å². The molecule has 1 aromatic carbocycles. The molecule has 0 radical (unpaired) electrons. The molecular weight excluding hydrogens is 478 g/mol. The molecule has 1 aliphatic rings. The normalized spacial score (nSPS) is 19.0. The van der Waals surface area contributed by atoms with Crippen LogP contribution in [0.25, 0.3) is 11.5 Å². The Morgan fingerprint density at radius 2 is 1.83 bits per heavy atom. The topological polar surface area (TPSA) is 95.6 Å². The summed E-state index contributed by atoms with van der Waals surface area (Å²) < 4.78 is 6.20. The van der Waals surface area contributed by atoms with Crippen LogP contribution in [0.5, 0.6) is 0 Å². The lowest BCUT2D eigenvalue weighted by atomic mass is 9.87. The molecular formula is C27H34ClN5O3. The van der Waals surface area contributed by atoms with Gasteiger partial charge in [-0.25, -0.2) is 9.78 Å². The number of rotatable bonds is 8. The fourth-order valence-electron chi connectivity index (χ4n) is 4.94. The van der Waals surface area contributed by atoms with Gasteiger partial charge < -0.3 is 14.4 Å². The van der Waals surface area contributed by atoms with Crippen LogP contribution in [0.15, 0.2) is 46.9 Å². The second-order valence-electron chi connectivity index (χ2n) is 11.0. The van der Waals surface area contributed by atoms with Gasteiger partial charge >= 0.3 is 6.09 Å². The van der Waals surface area contributed by atoms with E-state index in [-0.39, 0.29) is 11.8 Å². The Morgan fingerprint density at radius 3 is 2.42 bits per heavy atom. The third-order valence-corrected chi connectivity index (χ3v) is 7.03. The van der Waals surface area contributed by atoms with E-state index in [1.165, 1.54) is 11.3 Å². The van der Waals surface area contributed by atoms with Crippen molar-refractivity contribution in [3.63, 3.8) is 0 Å². The van der Waals surface area contributed by atoms with E-state index < -0.39 is 17.2 Å². The van der Waals surface area contributed by atoms with Gasteiger partial charge in [-0.15, -0.1) is 10.2 Å². The van der Waals surface area contributed by atoms with Gasteiger partial charge in [0.2, 0.25) is 11.8 Å². The molecule has 8 nitrogen and oxygen atoms in total. The maximum atomic E-state index is 12.5. The maximum absolute atomic E-state index is 12.5. The highest BCUT2D eigenvalue weighted by atomic mass is 35.5. The summed E-state index contributed by atoms with van der Waals surface area (Å²) in [5.74, 6) is 2.60. The third-order valence-electron chi connectivity index (χ3n) is 6.84. The Hall–Kier alpha value is -3.13. The molecule has 3 atom stereocenters. The minimum Gasteiger partial charge on any atom is -0.465 e. The summed E-state index contributed by atoms with van der Waals surface area (Å²) in [7, 11) is 2.00. The predicted molar refractivity (Wildman–Crippen MR) is 140 cm³/mol. The molecule has 0 spiro atoms. The van der Waals surface area contributed by atoms with Crippen LogP contribution in [-0.2, 0) is 12.0 Å². The average molecular weight is 512 g/mol. The fourth-order valence-corrected chi connectivity index (χ4v) is 5.14. The number of halogens is 1. The number of aromatic nitrogens is 3. The van der Waals surface area contributed by atoms with E-state index in [9.17, 15) is 9.90 Å². The smallest absolute Gasteiger partial charge is 0.408 e. The first-order valence-corrected chi connectivity index (χ1v) is 12.6. The van der Waals surface area contributed by atoms with E-state index in [0.29, 0.717) is 23.1 Å². The molecule has 36 heavy (non-hydrogen) atoms. The van der Waals surface area contributed by atoms with Gasteiger partial charge in [0.1, 0.15) is 16.5 Å². The highest BCUT2D eigenvalue weighted by Gasteiger charge is 2.47. The Bertz CT molecular complexity index is 1230. The van der Waals surface area contributed by atoms with E-state index in [1.54, 1.807) is 6.07 Å². The molecule has 3 aromatic rings. The molecule has 0 bridgehead atoms. The monoisotopic (exact) mass is 511 g/mol.